The van der Waals surface area contributed by atoms with Gasteiger partial charge in [-0.05, 0) is 30.2 Å². The summed E-state index contributed by atoms with van der Waals surface area (Å²) < 4.78 is 34.0. The molecule has 5 nitrogen and oxygen atoms in total. The van der Waals surface area contributed by atoms with E-state index in [1.54, 1.807) is 6.20 Å². The molecule has 0 aliphatic heterocycles. The third-order valence-electron chi connectivity index (χ3n) is 5.17. The highest BCUT2D eigenvalue weighted by Gasteiger charge is 2.41. The molecular formula is C24H23F2N3O2. The topological polar surface area (TPSA) is 63.2 Å². The second-order valence-electron chi connectivity index (χ2n) is 7.51. The molecule has 2 atom stereocenters. The molecule has 3 aromatic rings. The molecule has 0 saturated heterocycles. The normalized spacial score (nSPS) is 17.2. The van der Waals surface area contributed by atoms with Crippen LogP contribution in [0.2, 0.25) is 0 Å². The lowest BCUT2D eigenvalue weighted by atomic mass is 10.1. The molecule has 1 heterocycles. The molecule has 1 saturated carbocycles. The molecule has 1 aliphatic carbocycles. The molecule has 2 aromatic carbocycles. The van der Waals surface area contributed by atoms with E-state index < -0.39 is 11.6 Å². The fourth-order valence-electron chi connectivity index (χ4n) is 3.48. The average Bonchev–Trinajstić information content (AvgIpc) is 3.56. The lowest BCUT2D eigenvalue weighted by molar-refractivity contribution is -0.120. The van der Waals surface area contributed by atoms with Crippen molar-refractivity contribution in [1.29, 1.82) is 0 Å². The van der Waals surface area contributed by atoms with Gasteiger partial charge in [0.25, 0.3) is 0 Å². The van der Waals surface area contributed by atoms with Gasteiger partial charge in [0.15, 0.2) is 11.6 Å². The fraction of sp³-hybridized carbons (Fsp3) is 0.250. The summed E-state index contributed by atoms with van der Waals surface area (Å²) in [4.78, 5) is 16.2. The second-order valence-corrected chi connectivity index (χ2v) is 7.51. The van der Waals surface area contributed by atoms with Crippen LogP contribution in [0.1, 0.15) is 29.2 Å². The van der Waals surface area contributed by atoms with Gasteiger partial charge in [-0.1, -0.05) is 36.4 Å². The number of aromatic nitrogens is 1. The molecule has 1 aromatic heterocycles. The van der Waals surface area contributed by atoms with Gasteiger partial charge in [0.1, 0.15) is 12.4 Å². The van der Waals surface area contributed by atoms with Crippen LogP contribution in [-0.4, -0.2) is 23.5 Å². The van der Waals surface area contributed by atoms with E-state index in [0.717, 1.165) is 17.3 Å². The molecule has 1 fully saturated rings. The minimum absolute atomic E-state index is 0.0409. The number of carbonyl (C=O) groups is 1. The maximum Gasteiger partial charge on any atom is 0.234 e. The van der Waals surface area contributed by atoms with Crippen LogP contribution in [0.4, 0.5) is 8.78 Å². The van der Waals surface area contributed by atoms with E-state index in [-0.39, 0.29) is 36.8 Å². The number of ether oxygens (including phenoxy) is 1. The Kier molecular flexibility index (Phi) is 6.52. The van der Waals surface area contributed by atoms with Crippen molar-refractivity contribution in [2.45, 2.75) is 31.5 Å². The number of nitrogens with one attached hydrogen (secondary N) is 2. The standard InChI is InChI=1S/C24H23F2N3O2/c25-17-10-20(24(21(26)11-17)31-15-16-6-2-1-3-7-16)19-12-22(19)28-14-23(30)29-13-18-8-4-5-9-27-18/h1-11,19,22,28H,12-15H2,(H,29,30). The third kappa shape index (κ3) is 5.64. The first kappa shape index (κ1) is 20.9. The van der Waals surface area contributed by atoms with E-state index in [4.69, 9.17) is 4.74 Å². The van der Waals surface area contributed by atoms with Crippen molar-refractivity contribution in [3.8, 4) is 5.75 Å². The summed E-state index contributed by atoms with van der Waals surface area (Å²) >= 11 is 0. The van der Waals surface area contributed by atoms with Crippen molar-refractivity contribution < 1.29 is 18.3 Å². The van der Waals surface area contributed by atoms with E-state index in [1.807, 2.05) is 48.5 Å². The molecule has 0 spiro atoms. The summed E-state index contributed by atoms with van der Waals surface area (Å²) in [7, 11) is 0. The van der Waals surface area contributed by atoms with Crippen LogP contribution in [-0.2, 0) is 17.9 Å². The van der Waals surface area contributed by atoms with E-state index in [9.17, 15) is 13.6 Å². The van der Waals surface area contributed by atoms with Gasteiger partial charge in [-0.2, -0.15) is 0 Å². The van der Waals surface area contributed by atoms with Gasteiger partial charge in [0.05, 0.1) is 18.8 Å². The molecule has 160 valence electrons. The number of nitrogens with zero attached hydrogens (tertiary/aromatic N) is 1. The van der Waals surface area contributed by atoms with Gasteiger partial charge < -0.3 is 15.4 Å². The smallest absolute Gasteiger partial charge is 0.234 e. The summed E-state index contributed by atoms with van der Waals surface area (Å²) in [6.45, 7) is 0.658. The highest BCUT2D eigenvalue weighted by molar-refractivity contribution is 5.78. The number of hydrogen-bond acceptors (Lipinski definition) is 4. The zero-order valence-electron chi connectivity index (χ0n) is 16.9. The van der Waals surface area contributed by atoms with Crippen molar-refractivity contribution in [1.82, 2.24) is 15.6 Å². The Balaban J connectivity index is 1.33. The molecule has 4 rings (SSSR count). The first-order valence-electron chi connectivity index (χ1n) is 10.2. The van der Waals surface area contributed by atoms with Crippen molar-refractivity contribution >= 4 is 5.91 Å². The van der Waals surface area contributed by atoms with Gasteiger partial charge in [0, 0.05) is 29.8 Å². The van der Waals surface area contributed by atoms with Gasteiger partial charge in [-0.15, -0.1) is 0 Å². The molecule has 0 radical (unpaired) electrons. The Hall–Kier alpha value is -3.32. The van der Waals surface area contributed by atoms with Gasteiger partial charge in [-0.3, -0.25) is 9.78 Å². The number of carbonyl (C=O) groups excluding carboxylic acids is 1. The largest absolute Gasteiger partial charge is 0.486 e. The Bertz CT molecular complexity index is 1030. The number of rotatable bonds is 9. The summed E-state index contributed by atoms with van der Waals surface area (Å²) in [6.07, 6.45) is 2.35. The first-order valence-corrected chi connectivity index (χ1v) is 10.2. The zero-order valence-corrected chi connectivity index (χ0v) is 16.9. The van der Waals surface area contributed by atoms with Crippen LogP contribution in [0.5, 0.6) is 5.75 Å². The van der Waals surface area contributed by atoms with Crippen molar-refractivity contribution in [3.63, 3.8) is 0 Å². The summed E-state index contributed by atoms with van der Waals surface area (Å²) in [5, 5.41) is 5.94. The van der Waals surface area contributed by atoms with Crippen LogP contribution >= 0.6 is 0 Å². The van der Waals surface area contributed by atoms with Crippen molar-refractivity contribution in [3.05, 3.63) is 95.3 Å². The number of amides is 1. The van der Waals surface area contributed by atoms with E-state index in [0.29, 0.717) is 18.5 Å². The highest BCUT2D eigenvalue weighted by atomic mass is 19.1. The molecule has 0 bridgehead atoms. The Morgan fingerprint density at radius 1 is 1.10 bits per heavy atom. The average molecular weight is 423 g/mol. The zero-order chi connectivity index (χ0) is 21.6. The number of benzene rings is 2. The molecule has 2 N–H and O–H groups in total. The van der Waals surface area contributed by atoms with Gasteiger partial charge in [-0.25, -0.2) is 8.78 Å². The lowest BCUT2D eigenvalue weighted by Gasteiger charge is -2.13. The molecule has 7 heteroatoms. The minimum atomic E-state index is -0.718. The molecule has 2 unspecified atom stereocenters. The SMILES string of the molecule is O=C(CNC1CC1c1cc(F)cc(F)c1OCc1ccccc1)NCc1ccccn1. The second kappa shape index (κ2) is 9.66. The number of pyridine rings is 1. The predicted octanol–water partition coefficient (Wildman–Crippen LogP) is 3.70. The Labute approximate surface area is 179 Å². The first-order chi connectivity index (χ1) is 15.1. The van der Waals surface area contributed by atoms with E-state index in [1.165, 1.54) is 6.07 Å². The maximum atomic E-state index is 14.4. The lowest BCUT2D eigenvalue weighted by Crippen LogP contribution is -2.35. The molecular weight excluding hydrogens is 400 g/mol. The predicted molar refractivity (Wildman–Crippen MR) is 112 cm³/mol. The quantitative estimate of drug-likeness (QED) is 0.551. The molecule has 1 aliphatic rings. The van der Waals surface area contributed by atoms with Crippen LogP contribution in [0.15, 0.2) is 66.9 Å². The summed E-state index contributed by atoms with van der Waals surface area (Å²) in [5.74, 6) is -1.57. The minimum Gasteiger partial charge on any atom is -0.486 e. The van der Waals surface area contributed by atoms with Crippen LogP contribution in [0, 0.1) is 11.6 Å². The van der Waals surface area contributed by atoms with Crippen LogP contribution in [0.3, 0.4) is 0 Å². The summed E-state index contributed by atoms with van der Waals surface area (Å²) in [6, 6.07) is 17.0. The van der Waals surface area contributed by atoms with Crippen LogP contribution in [0.25, 0.3) is 0 Å². The monoisotopic (exact) mass is 423 g/mol. The van der Waals surface area contributed by atoms with E-state index in [2.05, 4.69) is 15.6 Å². The van der Waals surface area contributed by atoms with E-state index >= 15 is 0 Å². The maximum absolute atomic E-state index is 14.4. The molecule has 31 heavy (non-hydrogen) atoms. The Morgan fingerprint density at radius 3 is 2.68 bits per heavy atom. The highest BCUT2D eigenvalue weighted by Crippen LogP contribution is 2.46. The fourth-order valence-corrected chi connectivity index (χ4v) is 3.48. The Morgan fingerprint density at radius 2 is 1.90 bits per heavy atom. The number of halogens is 2. The van der Waals surface area contributed by atoms with Crippen molar-refractivity contribution in [2.24, 2.45) is 0 Å². The third-order valence-corrected chi connectivity index (χ3v) is 5.17. The number of hydrogen-bond donors (Lipinski definition) is 2. The van der Waals surface area contributed by atoms with Crippen molar-refractivity contribution in [2.75, 3.05) is 6.54 Å². The van der Waals surface area contributed by atoms with Gasteiger partial charge in [0.2, 0.25) is 5.91 Å². The summed E-state index contributed by atoms with van der Waals surface area (Å²) in [5.41, 5.74) is 2.16. The molecule has 1 amide bonds. The van der Waals surface area contributed by atoms with Crippen LogP contribution < -0.4 is 15.4 Å². The van der Waals surface area contributed by atoms with Gasteiger partial charge >= 0.3 is 0 Å².